The van der Waals surface area contributed by atoms with E-state index in [2.05, 4.69) is 15.0 Å². The maximum Gasteiger partial charge on any atom is 0.253 e. The lowest BCUT2D eigenvalue weighted by atomic mass is 10.1. The topological polar surface area (TPSA) is 88.5 Å². The fraction of sp³-hybridized carbons (Fsp3) is 0.346. The van der Waals surface area contributed by atoms with E-state index in [0.29, 0.717) is 36.7 Å². The standard InChI is InChI=1S/C26H25N5O3/c32-24-8-7-21-16-34-25-22(31(21)24)11-17(13-29-25)12-23-27-14-20(15-28-23)18-3-5-19(6-4-18)26(33)30-9-1-2-10-30/h3-6,11,13-15,21H,1-2,7-10,12,16H2/t21-/m0/s1. The Morgan fingerprint density at radius 2 is 1.76 bits per heavy atom. The summed E-state index contributed by atoms with van der Waals surface area (Å²) in [7, 11) is 0. The highest BCUT2D eigenvalue weighted by atomic mass is 16.5. The van der Waals surface area contributed by atoms with Gasteiger partial charge in [-0.05, 0) is 48.6 Å². The molecule has 8 nitrogen and oxygen atoms in total. The SMILES string of the molecule is O=C(c1ccc(-c2cnc(Cc3cnc4c(c3)N3C(=O)CC[C@H]3CO4)nc2)cc1)N1CCCC1. The molecule has 2 aromatic heterocycles. The van der Waals surface area contributed by atoms with Gasteiger partial charge in [-0.15, -0.1) is 0 Å². The largest absolute Gasteiger partial charge is 0.474 e. The molecule has 3 aromatic rings. The second kappa shape index (κ2) is 8.52. The number of carbonyl (C=O) groups excluding carboxylic acids is 2. The first-order chi connectivity index (χ1) is 16.7. The van der Waals surface area contributed by atoms with Gasteiger partial charge in [-0.25, -0.2) is 15.0 Å². The third kappa shape index (κ3) is 3.79. The van der Waals surface area contributed by atoms with Crippen molar-refractivity contribution in [3.05, 3.63) is 65.9 Å². The van der Waals surface area contributed by atoms with Gasteiger partial charge in [0.15, 0.2) is 0 Å². The number of anilines is 1. The average molecular weight is 456 g/mol. The molecule has 2 saturated heterocycles. The molecular weight excluding hydrogens is 430 g/mol. The van der Waals surface area contributed by atoms with Crippen molar-refractivity contribution in [2.24, 2.45) is 0 Å². The molecule has 6 rings (SSSR count). The lowest BCUT2D eigenvalue weighted by Gasteiger charge is -2.31. The van der Waals surface area contributed by atoms with Crippen molar-refractivity contribution >= 4 is 17.5 Å². The molecule has 3 aliphatic heterocycles. The summed E-state index contributed by atoms with van der Waals surface area (Å²) in [5.74, 6) is 1.41. The predicted octanol–water partition coefficient (Wildman–Crippen LogP) is 3.25. The highest BCUT2D eigenvalue weighted by Crippen LogP contribution is 2.37. The van der Waals surface area contributed by atoms with Gasteiger partial charge in [0.1, 0.15) is 18.1 Å². The Balaban J connectivity index is 1.16. The zero-order valence-corrected chi connectivity index (χ0v) is 18.8. The third-order valence-electron chi connectivity index (χ3n) is 6.81. The quantitative estimate of drug-likeness (QED) is 0.600. The van der Waals surface area contributed by atoms with Gasteiger partial charge >= 0.3 is 0 Å². The normalized spacial score (nSPS) is 19.1. The van der Waals surface area contributed by atoms with Crippen LogP contribution in [0.25, 0.3) is 11.1 Å². The highest BCUT2D eigenvalue weighted by molar-refractivity contribution is 5.98. The summed E-state index contributed by atoms with van der Waals surface area (Å²) >= 11 is 0. The van der Waals surface area contributed by atoms with Crippen molar-refractivity contribution in [2.75, 3.05) is 24.6 Å². The monoisotopic (exact) mass is 455 g/mol. The minimum atomic E-state index is 0.0988. The number of carbonyl (C=O) groups is 2. The van der Waals surface area contributed by atoms with Gasteiger partial charge in [0, 0.05) is 55.6 Å². The molecule has 0 saturated carbocycles. The van der Waals surface area contributed by atoms with Gasteiger partial charge in [-0.1, -0.05) is 12.1 Å². The van der Waals surface area contributed by atoms with Crippen molar-refractivity contribution in [2.45, 2.75) is 38.1 Å². The first kappa shape index (κ1) is 20.8. The van der Waals surface area contributed by atoms with Crippen LogP contribution in [-0.2, 0) is 11.2 Å². The van der Waals surface area contributed by atoms with Crippen LogP contribution < -0.4 is 9.64 Å². The van der Waals surface area contributed by atoms with Crippen molar-refractivity contribution < 1.29 is 14.3 Å². The number of aromatic nitrogens is 3. The maximum atomic E-state index is 12.5. The Bertz CT molecular complexity index is 1240. The molecule has 0 spiro atoms. The number of amides is 2. The Morgan fingerprint density at radius 1 is 1.00 bits per heavy atom. The molecule has 34 heavy (non-hydrogen) atoms. The van der Waals surface area contributed by atoms with Crippen LogP contribution in [0, 0.1) is 0 Å². The average Bonchev–Trinajstić information content (AvgIpc) is 3.55. The summed E-state index contributed by atoms with van der Waals surface area (Å²) in [4.78, 5) is 42.1. The molecule has 0 radical (unpaired) electrons. The van der Waals surface area contributed by atoms with Crippen LogP contribution in [0.5, 0.6) is 5.88 Å². The van der Waals surface area contributed by atoms with Crippen molar-refractivity contribution in [3.63, 3.8) is 0 Å². The van der Waals surface area contributed by atoms with Crippen LogP contribution in [0.4, 0.5) is 5.69 Å². The Kier molecular flexibility index (Phi) is 5.20. The number of nitrogens with zero attached hydrogens (tertiary/aromatic N) is 5. The fourth-order valence-corrected chi connectivity index (χ4v) is 4.96. The highest BCUT2D eigenvalue weighted by Gasteiger charge is 2.38. The van der Waals surface area contributed by atoms with E-state index in [4.69, 9.17) is 4.74 Å². The van der Waals surface area contributed by atoms with Crippen molar-refractivity contribution in [1.29, 1.82) is 0 Å². The molecule has 0 N–H and O–H groups in total. The van der Waals surface area contributed by atoms with Crippen LogP contribution >= 0.6 is 0 Å². The molecule has 8 heteroatoms. The zero-order valence-electron chi connectivity index (χ0n) is 18.8. The second-order valence-corrected chi connectivity index (χ2v) is 9.08. The number of likely N-dealkylation sites (tertiary alicyclic amines) is 1. The third-order valence-corrected chi connectivity index (χ3v) is 6.81. The van der Waals surface area contributed by atoms with Crippen molar-refractivity contribution in [1.82, 2.24) is 19.9 Å². The number of benzene rings is 1. The Hall–Kier alpha value is -3.81. The lowest BCUT2D eigenvalue weighted by Crippen LogP contribution is -2.40. The molecule has 2 amide bonds. The first-order valence-electron chi connectivity index (χ1n) is 11.8. The van der Waals surface area contributed by atoms with Gasteiger partial charge in [0.25, 0.3) is 5.91 Å². The van der Waals surface area contributed by atoms with E-state index in [9.17, 15) is 9.59 Å². The molecule has 0 bridgehead atoms. The zero-order chi connectivity index (χ0) is 23.1. The van der Waals surface area contributed by atoms with Crippen LogP contribution in [0.3, 0.4) is 0 Å². The van der Waals surface area contributed by atoms with Crippen molar-refractivity contribution in [3.8, 4) is 17.0 Å². The minimum Gasteiger partial charge on any atom is -0.474 e. The van der Waals surface area contributed by atoms with E-state index in [1.807, 2.05) is 40.1 Å². The summed E-state index contributed by atoms with van der Waals surface area (Å²) in [6, 6.07) is 9.70. The number of hydrogen-bond donors (Lipinski definition) is 0. The van der Waals surface area contributed by atoms with E-state index in [-0.39, 0.29) is 17.9 Å². The van der Waals surface area contributed by atoms with E-state index in [0.717, 1.165) is 54.7 Å². The first-order valence-corrected chi connectivity index (χ1v) is 11.8. The van der Waals surface area contributed by atoms with Crippen LogP contribution in [0.15, 0.2) is 48.9 Å². The van der Waals surface area contributed by atoms with Gasteiger partial charge in [-0.2, -0.15) is 0 Å². The predicted molar refractivity (Wildman–Crippen MR) is 126 cm³/mol. The van der Waals surface area contributed by atoms with Gasteiger partial charge < -0.3 is 14.5 Å². The van der Waals surface area contributed by atoms with Gasteiger partial charge in [0.2, 0.25) is 11.8 Å². The van der Waals surface area contributed by atoms with Gasteiger partial charge in [0.05, 0.1) is 6.04 Å². The lowest BCUT2D eigenvalue weighted by molar-refractivity contribution is -0.117. The number of hydrogen-bond acceptors (Lipinski definition) is 6. The van der Waals surface area contributed by atoms with E-state index < -0.39 is 0 Å². The molecule has 172 valence electrons. The minimum absolute atomic E-state index is 0.0988. The maximum absolute atomic E-state index is 12.5. The number of pyridine rings is 1. The van der Waals surface area contributed by atoms with E-state index in [1.165, 1.54) is 0 Å². The molecule has 1 aromatic carbocycles. The summed E-state index contributed by atoms with van der Waals surface area (Å²) in [6.45, 7) is 2.19. The van der Waals surface area contributed by atoms with E-state index in [1.54, 1.807) is 18.6 Å². The summed E-state index contributed by atoms with van der Waals surface area (Å²) in [6.07, 6.45) is 9.41. The fourth-order valence-electron chi connectivity index (χ4n) is 4.96. The Labute approximate surface area is 197 Å². The molecule has 5 heterocycles. The van der Waals surface area contributed by atoms with Crippen LogP contribution in [-0.4, -0.2) is 57.4 Å². The second-order valence-electron chi connectivity index (χ2n) is 9.08. The summed E-state index contributed by atoms with van der Waals surface area (Å²) in [5.41, 5.74) is 4.25. The molecule has 2 fully saturated rings. The smallest absolute Gasteiger partial charge is 0.253 e. The molecule has 1 atom stereocenters. The number of ether oxygens (including phenoxy) is 1. The van der Waals surface area contributed by atoms with Gasteiger partial charge in [-0.3, -0.25) is 9.59 Å². The number of rotatable bonds is 4. The van der Waals surface area contributed by atoms with Crippen LogP contribution in [0.2, 0.25) is 0 Å². The summed E-state index contributed by atoms with van der Waals surface area (Å²) in [5, 5.41) is 0. The van der Waals surface area contributed by atoms with Crippen LogP contribution in [0.1, 0.15) is 47.4 Å². The number of fused-ring (bicyclic) bond motifs is 3. The summed E-state index contributed by atoms with van der Waals surface area (Å²) < 4.78 is 5.75. The Morgan fingerprint density at radius 3 is 2.53 bits per heavy atom. The van der Waals surface area contributed by atoms with E-state index >= 15 is 0 Å². The molecule has 0 unspecified atom stereocenters. The molecule has 0 aliphatic carbocycles. The molecular formula is C26H25N5O3. The molecule has 3 aliphatic rings.